The molecule has 0 aliphatic carbocycles. The first-order valence-corrected chi connectivity index (χ1v) is 10.0. The van der Waals surface area contributed by atoms with Crippen molar-refractivity contribution in [2.45, 2.75) is 0 Å². The normalized spacial score (nSPS) is 14.2. The summed E-state index contributed by atoms with van der Waals surface area (Å²) in [6, 6.07) is 6.62. The molecule has 0 unspecified atom stereocenters. The van der Waals surface area contributed by atoms with E-state index in [0.717, 1.165) is 38.1 Å². The number of hydrogen-bond donors (Lipinski definition) is 2. The Bertz CT molecular complexity index is 861. The molecule has 162 valence electrons. The third-order valence-electron chi connectivity index (χ3n) is 4.50. The Morgan fingerprint density at radius 2 is 1.73 bits per heavy atom. The van der Waals surface area contributed by atoms with E-state index in [1.54, 1.807) is 37.6 Å². The van der Waals surface area contributed by atoms with Gasteiger partial charge in [0.05, 0.1) is 10.0 Å². The maximum Gasteiger partial charge on any atom is 0.251 e. The summed E-state index contributed by atoms with van der Waals surface area (Å²) in [6.07, 6.45) is 3.50. The van der Waals surface area contributed by atoms with Crippen LogP contribution in [0, 0.1) is 0 Å². The van der Waals surface area contributed by atoms with Crippen molar-refractivity contribution in [2.24, 2.45) is 4.99 Å². The van der Waals surface area contributed by atoms with Crippen molar-refractivity contribution in [3.8, 4) is 0 Å². The molecule has 8 nitrogen and oxygen atoms in total. The molecule has 2 heterocycles. The molecular formula is C19H24Cl2IN7O. The van der Waals surface area contributed by atoms with Crippen LogP contribution < -0.4 is 15.5 Å². The van der Waals surface area contributed by atoms with E-state index >= 15 is 0 Å². The molecule has 1 aliphatic heterocycles. The van der Waals surface area contributed by atoms with Gasteiger partial charge in [0.15, 0.2) is 5.96 Å². The third-order valence-corrected chi connectivity index (χ3v) is 5.24. The highest BCUT2D eigenvalue weighted by Crippen LogP contribution is 2.22. The van der Waals surface area contributed by atoms with Crippen LogP contribution in [0.4, 0.5) is 5.95 Å². The second-order valence-electron chi connectivity index (χ2n) is 6.38. The first kappa shape index (κ1) is 24.4. The molecule has 1 fully saturated rings. The van der Waals surface area contributed by atoms with Crippen LogP contribution in [-0.2, 0) is 0 Å². The number of aliphatic imine (C=N–C) groups is 1. The summed E-state index contributed by atoms with van der Waals surface area (Å²) in [6.45, 7) is 4.27. The highest BCUT2D eigenvalue weighted by Gasteiger charge is 2.20. The molecule has 3 rings (SSSR count). The Hall–Kier alpha value is -1.85. The van der Waals surface area contributed by atoms with Crippen molar-refractivity contribution < 1.29 is 4.79 Å². The number of hydrogen-bond acceptors (Lipinski definition) is 5. The number of halogens is 3. The van der Waals surface area contributed by atoms with Gasteiger partial charge in [-0.2, -0.15) is 0 Å². The second kappa shape index (κ2) is 12.1. The minimum atomic E-state index is -0.197. The molecule has 1 saturated heterocycles. The van der Waals surface area contributed by atoms with Gasteiger partial charge < -0.3 is 20.4 Å². The zero-order valence-corrected chi connectivity index (χ0v) is 20.4. The Labute approximate surface area is 203 Å². The van der Waals surface area contributed by atoms with E-state index < -0.39 is 0 Å². The van der Waals surface area contributed by atoms with Crippen LogP contribution in [0.25, 0.3) is 0 Å². The van der Waals surface area contributed by atoms with Gasteiger partial charge in [0.1, 0.15) is 0 Å². The Morgan fingerprint density at radius 3 is 2.37 bits per heavy atom. The maximum absolute atomic E-state index is 12.2. The van der Waals surface area contributed by atoms with E-state index in [4.69, 9.17) is 23.2 Å². The molecule has 0 atom stereocenters. The number of carbonyl (C=O) groups excluding carboxylic acids is 1. The summed E-state index contributed by atoms with van der Waals surface area (Å²) >= 11 is 11.8. The predicted molar refractivity (Wildman–Crippen MR) is 131 cm³/mol. The Balaban J connectivity index is 0.00000320. The lowest BCUT2D eigenvalue weighted by Gasteiger charge is -2.36. The zero-order chi connectivity index (χ0) is 20.6. The lowest BCUT2D eigenvalue weighted by molar-refractivity contribution is 0.0954. The van der Waals surface area contributed by atoms with E-state index in [-0.39, 0.29) is 29.9 Å². The molecule has 0 radical (unpaired) electrons. The number of amides is 1. The molecular weight excluding hydrogens is 540 g/mol. The van der Waals surface area contributed by atoms with E-state index in [2.05, 4.69) is 35.4 Å². The molecule has 2 aromatic rings. The number of nitrogens with zero attached hydrogens (tertiary/aromatic N) is 5. The van der Waals surface area contributed by atoms with Crippen molar-refractivity contribution in [3.05, 3.63) is 52.3 Å². The Morgan fingerprint density at radius 1 is 1.07 bits per heavy atom. The molecule has 1 amide bonds. The summed E-state index contributed by atoms with van der Waals surface area (Å²) < 4.78 is 0. The van der Waals surface area contributed by atoms with Crippen LogP contribution in [0.1, 0.15) is 10.4 Å². The van der Waals surface area contributed by atoms with Gasteiger partial charge in [-0.25, -0.2) is 9.97 Å². The summed E-state index contributed by atoms with van der Waals surface area (Å²) in [4.78, 5) is 29.5. The van der Waals surface area contributed by atoms with Crippen LogP contribution in [0.5, 0.6) is 0 Å². The van der Waals surface area contributed by atoms with Gasteiger partial charge in [-0.1, -0.05) is 23.2 Å². The topological polar surface area (TPSA) is 85.8 Å². The zero-order valence-electron chi connectivity index (χ0n) is 16.5. The minimum Gasteiger partial charge on any atom is -0.354 e. The summed E-state index contributed by atoms with van der Waals surface area (Å²) in [5.74, 6) is 1.36. The number of benzene rings is 1. The molecule has 0 bridgehead atoms. The molecule has 30 heavy (non-hydrogen) atoms. The van der Waals surface area contributed by atoms with Gasteiger partial charge in [0, 0.05) is 64.3 Å². The Kier molecular flexibility index (Phi) is 9.86. The molecule has 1 aromatic heterocycles. The fourth-order valence-electron chi connectivity index (χ4n) is 2.99. The van der Waals surface area contributed by atoms with E-state index in [0.29, 0.717) is 28.7 Å². The van der Waals surface area contributed by atoms with Crippen LogP contribution in [0.15, 0.2) is 41.7 Å². The predicted octanol–water partition coefficient (Wildman–Crippen LogP) is 2.53. The van der Waals surface area contributed by atoms with Gasteiger partial charge >= 0.3 is 0 Å². The minimum absolute atomic E-state index is 0. The number of nitrogens with one attached hydrogen (secondary N) is 2. The van der Waals surface area contributed by atoms with Crippen molar-refractivity contribution in [3.63, 3.8) is 0 Å². The van der Waals surface area contributed by atoms with Crippen molar-refractivity contribution in [2.75, 3.05) is 51.2 Å². The second-order valence-corrected chi connectivity index (χ2v) is 7.20. The molecule has 11 heteroatoms. The van der Waals surface area contributed by atoms with Gasteiger partial charge in [-0.3, -0.25) is 9.79 Å². The highest BCUT2D eigenvalue weighted by atomic mass is 127. The maximum atomic E-state index is 12.2. The molecule has 1 aliphatic rings. The lowest BCUT2D eigenvalue weighted by atomic mass is 10.2. The smallest absolute Gasteiger partial charge is 0.251 e. The third kappa shape index (κ3) is 6.58. The summed E-state index contributed by atoms with van der Waals surface area (Å²) in [7, 11) is 1.75. The monoisotopic (exact) mass is 563 g/mol. The average molecular weight is 564 g/mol. The van der Waals surface area contributed by atoms with E-state index in [9.17, 15) is 4.79 Å². The number of carbonyl (C=O) groups is 1. The van der Waals surface area contributed by atoms with E-state index in [1.807, 2.05) is 6.07 Å². The first-order valence-electron chi connectivity index (χ1n) is 9.29. The fraction of sp³-hybridized carbons (Fsp3) is 0.368. The van der Waals surface area contributed by atoms with Crippen molar-refractivity contribution in [1.29, 1.82) is 0 Å². The van der Waals surface area contributed by atoms with Gasteiger partial charge in [0.25, 0.3) is 5.91 Å². The van der Waals surface area contributed by atoms with Crippen LogP contribution in [0.2, 0.25) is 10.0 Å². The number of guanidine groups is 1. The molecule has 0 saturated carbocycles. The highest BCUT2D eigenvalue weighted by molar-refractivity contribution is 14.0. The van der Waals surface area contributed by atoms with Crippen LogP contribution in [-0.4, -0.2) is 73.1 Å². The molecule has 0 spiro atoms. The first-order chi connectivity index (χ1) is 14.1. The standard InChI is InChI=1S/C19H23Cl2N7O.HI/c1-22-18(27-9-11-28(12-10-27)19-24-5-2-6-25-19)26-8-7-23-17(29)14-3-4-15(20)16(21)13-14;/h2-6,13H,7-12H2,1H3,(H,22,26)(H,23,29);1H. The summed E-state index contributed by atoms with van der Waals surface area (Å²) in [5, 5.41) is 6.92. The number of piperazine rings is 1. The van der Waals surface area contributed by atoms with Gasteiger partial charge in [0.2, 0.25) is 5.95 Å². The summed E-state index contributed by atoms with van der Waals surface area (Å²) in [5.41, 5.74) is 0.475. The fourth-order valence-corrected chi connectivity index (χ4v) is 3.29. The van der Waals surface area contributed by atoms with E-state index in [1.165, 1.54) is 0 Å². The van der Waals surface area contributed by atoms with Crippen molar-refractivity contribution >= 4 is 65.0 Å². The lowest BCUT2D eigenvalue weighted by Crippen LogP contribution is -2.53. The SMILES string of the molecule is CN=C(NCCNC(=O)c1ccc(Cl)c(Cl)c1)N1CCN(c2ncccn2)CC1.I. The van der Waals surface area contributed by atoms with Gasteiger partial charge in [-0.05, 0) is 24.3 Å². The number of aromatic nitrogens is 2. The quantitative estimate of drug-likeness (QED) is 0.252. The number of anilines is 1. The van der Waals surface area contributed by atoms with Crippen LogP contribution in [0.3, 0.4) is 0 Å². The van der Waals surface area contributed by atoms with Crippen molar-refractivity contribution in [1.82, 2.24) is 25.5 Å². The van der Waals surface area contributed by atoms with Crippen LogP contribution >= 0.6 is 47.2 Å². The average Bonchev–Trinajstić information content (AvgIpc) is 2.76. The molecule has 1 aromatic carbocycles. The van der Waals surface area contributed by atoms with Gasteiger partial charge in [-0.15, -0.1) is 24.0 Å². The number of rotatable bonds is 5. The largest absolute Gasteiger partial charge is 0.354 e. The molecule has 2 N–H and O–H groups in total.